The van der Waals surface area contributed by atoms with Crippen LogP contribution in [0.3, 0.4) is 0 Å². The number of ether oxygens (including phenoxy) is 4. The number of carbonyl (C=O) groups is 2. The van der Waals surface area contributed by atoms with Crippen molar-refractivity contribution in [3.05, 3.63) is 49.1 Å². The van der Waals surface area contributed by atoms with Crippen LogP contribution in [-0.2, 0) is 19.1 Å². The van der Waals surface area contributed by atoms with Gasteiger partial charge in [-0.1, -0.05) is 13.2 Å². The average molecular weight is 380 g/mol. The molecule has 27 heavy (non-hydrogen) atoms. The Kier molecular flexibility index (Phi) is 9.63. The van der Waals surface area contributed by atoms with Crippen LogP contribution in [0.5, 0.6) is 11.5 Å². The second-order valence-electron chi connectivity index (χ2n) is 5.61. The van der Waals surface area contributed by atoms with E-state index in [0.29, 0.717) is 11.5 Å². The highest BCUT2D eigenvalue weighted by atomic mass is 16.6. The number of rotatable bonds is 12. The average Bonchev–Trinajstić information content (AvgIpc) is 2.67. The Morgan fingerprint density at radius 2 is 1.41 bits per heavy atom. The SMILES string of the molecule is C=CC(=O)OCC(O)COc1ccc(OCC(O)COC(=O)C(=C)C)cc1. The molecule has 8 heteroatoms. The molecule has 0 heterocycles. The quantitative estimate of drug-likeness (QED) is 0.408. The van der Waals surface area contributed by atoms with Crippen molar-refractivity contribution in [2.24, 2.45) is 0 Å². The van der Waals surface area contributed by atoms with Crippen molar-refractivity contribution in [3.63, 3.8) is 0 Å². The maximum atomic E-state index is 11.2. The molecule has 0 saturated heterocycles. The summed E-state index contributed by atoms with van der Waals surface area (Å²) in [5, 5.41) is 19.4. The van der Waals surface area contributed by atoms with Crippen molar-refractivity contribution in [1.29, 1.82) is 0 Å². The van der Waals surface area contributed by atoms with Gasteiger partial charge in [-0.3, -0.25) is 0 Å². The highest BCUT2D eigenvalue weighted by Crippen LogP contribution is 2.18. The predicted molar refractivity (Wildman–Crippen MR) is 96.4 cm³/mol. The molecule has 148 valence electrons. The number of aliphatic hydroxyl groups excluding tert-OH is 2. The van der Waals surface area contributed by atoms with Gasteiger partial charge in [0.1, 0.15) is 50.1 Å². The zero-order valence-corrected chi connectivity index (χ0v) is 15.1. The van der Waals surface area contributed by atoms with E-state index in [1.54, 1.807) is 24.3 Å². The molecule has 0 fully saturated rings. The summed E-state index contributed by atoms with van der Waals surface area (Å²) in [6, 6.07) is 6.47. The lowest BCUT2D eigenvalue weighted by atomic mass is 10.3. The minimum atomic E-state index is -0.974. The lowest BCUT2D eigenvalue weighted by molar-refractivity contribution is -0.142. The zero-order chi connectivity index (χ0) is 20.2. The summed E-state index contributed by atoms with van der Waals surface area (Å²) in [6.45, 7) is 7.70. The second-order valence-corrected chi connectivity index (χ2v) is 5.61. The fourth-order valence-electron chi connectivity index (χ4n) is 1.65. The van der Waals surface area contributed by atoms with Crippen molar-refractivity contribution in [1.82, 2.24) is 0 Å². The first-order valence-electron chi connectivity index (χ1n) is 8.15. The Morgan fingerprint density at radius 3 is 1.81 bits per heavy atom. The topological polar surface area (TPSA) is 112 Å². The molecule has 2 atom stereocenters. The largest absolute Gasteiger partial charge is 0.491 e. The van der Waals surface area contributed by atoms with Gasteiger partial charge in [0, 0.05) is 11.6 Å². The summed E-state index contributed by atoms with van der Waals surface area (Å²) < 4.78 is 20.3. The first-order valence-corrected chi connectivity index (χ1v) is 8.15. The van der Waals surface area contributed by atoms with Gasteiger partial charge < -0.3 is 29.2 Å². The summed E-state index contributed by atoms with van der Waals surface area (Å²) >= 11 is 0. The van der Waals surface area contributed by atoms with Gasteiger partial charge in [-0.15, -0.1) is 0 Å². The molecule has 0 aliphatic rings. The summed E-state index contributed by atoms with van der Waals surface area (Å²) in [5.74, 6) is -0.232. The van der Waals surface area contributed by atoms with E-state index in [4.69, 9.17) is 18.9 Å². The normalized spacial score (nSPS) is 12.4. The predicted octanol–water partition coefficient (Wildman–Crippen LogP) is 1.01. The van der Waals surface area contributed by atoms with Crippen LogP contribution in [0.25, 0.3) is 0 Å². The standard InChI is InChI=1S/C19H24O8/c1-4-18(22)26-11-14(20)9-24-16-5-7-17(8-6-16)25-10-15(21)12-27-19(23)13(2)3/h4-8,14-15,20-21H,1-2,9-12H2,3H3. The second kappa shape index (κ2) is 11.7. The molecule has 1 aromatic carbocycles. The minimum absolute atomic E-state index is 0.0581. The van der Waals surface area contributed by atoms with E-state index >= 15 is 0 Å². The van der Waals surface area contributed by atoms with Crippen LogP contribution in [-0.4, -0.2) is 60.8 Å². The van der Waals surface area contributed by atoms with Gasteiger partial charge in [0.25, 0.3) is 0 Å². The first-order chi connectivity index (χ1) is 12.8. The van der Waals surface area contributed by atoms with Gasteiger partial charge in [0.05, 0.1) is 0 Å². The van der Waals surface area contributed by atoms with Crippen molar-refractivity contribution < 1.29 is 38.7 Å². The fraction of sp³-hybridized carbons (Fsp3) is 0.368. The van der Waals surface area contributed by atoms with E-state index in [0.717, 1.165) is 6.08 Å². The smallest absolute Gasteiger partial charge is 0.333 e. The van der Waals surface area contributed by atoms with Crippen LogP contribution in [0.1, 0.15) is 6.92 Å². The molecule has 0 bridgehead atoms. The maximum absolute atomic E-state index is 11.2. The number of aliphatic hydroxyl groups is 2. The summed E-state index contributed by atoms with van der Waals surface area (Å²) in [4.78, 5) is 22.1. The van der Waals surface area contributed by atoms with Gasteiger partial charge in [0.2, 0.25) is 0 Å². The van der Waals surface area contributed by atoms with Crippen molar-refractivity contribution in [2.45, 2.75) is 19.1 Å². The number of hydrogen-bond donors (Lipinski definition) is 2. The number of hydrogen-bond acceptors (Lipinski definition) is 8. The lowest BCUT2D eigenvalue weighted by Crippen LogP contribution is -2.25. The Morgan fingerprint density at radius 1 is 0.963 bits per heavy atom. The maximum Gasteiger partial charge on any atom is 0.333 e. The third-order valence-corrected chi connectivity index (χ3v) is 3.05. The molecular weight excluding hydrogens is 356 g/mol. The van der Waals surface area contributed by atoms with Gasteiger partial charge in [-0.2, -0.15) is 0 Å². The molecule has 2 unspecified atom stereocenters. The zero-order valence-electron chi connectivity index (χ0n) is 15.1. The van der Waals surface area contributed by atoms with Gasteiger partial charge in [-0.25, -0.2) is 9.59 Å². The monoisotopic (exact) mass is 380 g/mol. The molecule has 0 radical (unpaired) electrons. The Bertz CT molecular complexity index is 638. The van der Waals surface area contributed by atoms with E-state index in [9.17, 15) is 19.8 Å². The van der Waals surface area contributed by atoms with Crippen LogP contribution in [0.15, 0.2) is 49.1 Å². The Balaban J connectivity index is 2.30. The van der Waals surface area contributed by atoms with E-state index in [1.165, 1.54) is 6.92 Å². The highest BCUT2D eigenvalue weighted by Gasteiger charge is 2.11. The molecule has 0 aromatic heterocycles. The molecule has 1 aromatic rings. The van der Waals surface area contributed by atoms with Crippen LogP contribution < -0.4 is 9.47 Å². The van der Waals surface area contributed by atoms with E-state index in [1.807, 2.05) is 0 Å². The van der Waals surface area contributed by atoms with Crippen molar-refractivity contribution >= 4 is 11.9 Å². The molecule has 0 saturated carbocycles. The van der Waals surface area contributed by atoms with Crippen LogP contribution in [0.2, 0.25) is 0 Å². The first kappa shape index (κ1) is 22.2. The van der Waals surface area contributed by atoms with Crippen molar-refractivity contribution in [2.75, 3.05) is 26.4 Å². The van der Waals surface area contributed by atoms with E-state index < -0.39 is 24.1 Å². The lowest BCUT2D eigenvalue weighted by Gasteiger charge is -2.14. The molecule has 8 nitrogen and oxygen atoms in total. The molecular formula is C19H24O8. The molecule has 1 rings (SSSR count). The minimum Gasteiger partial charge on any atom is -0.491 e. The van der Waals surface area contributed by atoms with E-state index in [2.05, 4.69) is 13.2 Å². The number of carbonyl (C=O) groups excluding carboxylic acids is 2. The Labute approximate surface area is 157 Å². The van der Waals surface area contributed by atoms with Gasteiger partial charge in [-0.05, 0) is 31.2 Å². The summed E-state index contributed by atoms with van der Waals surface area (Å²) in [5.41, 5.74) is 0.252. The number of esters is 2. The highest BCUT2D eigenvalue weighted by molar-refractivity contribution is 5.86. The molecule has 0 spiro atoms. The van der Waals surface area contributed by atoms with Crippen LogP contribution in [0, 0.1) is 0 Å². The Hall–Kier alpha value is -2.84. The number of benzene rings is 1. The van der Waals surface area contributed by atoms with E-state index in [-0.39, 0.29) is 32.0 Å². The fourth-order valence-corrected chi connectivity index (χ4v) is 1.65. The van der Waals surface area contributed by atoms with Gasteiger partial charge >= 0.3 is 11.9 Å². The molecule has 2 N–H and O–H groups in total. The third-order valence-electron chi connectivity index (χ3n) is 3.05. The summed E-state index contributed by atoms with van der Waals surface area (Å²) in [6.07, 6.45) is -0.937. The van der Waals surface area contributed by atoms with Crippen molar-refractivity contribution in [3.8, 4) is 11.5 Å². The summed E-state index contributed by atoms with van der Waals surface area (Å²) in [7, 11) is 0. The van der Waals surface area contributed by atoms with Crippen LogP contribution >= 0.6 is 0 Å². The molecule has 0 amide bonds. The van der Waals surface area contributed by atoms with Gasteiger partial charge in [0.15, 0.2) is 0 Å². The molecule has 0 aliphatic heterocycles. The van der Waals surface area contributed by atoms with Crippen LogP contribution in [0.4, 0.5) is 0 Å². The third kappa shape index (κ3) is 9.43. The molecule has 0 aliphatic carbocycles.